The molecule has 1 aromatic carbocycles. The zero-order valence-corrected chi connectivity index (χ0v) is 9.43. The van der Waals surface area contributed by atoms with Crippen LogP contribution in [0.5, 0.6) is 0 Å². The molecule has 0 bridgehead atoms. The summed E-state index contributed by atoms with van der Waals surface area (Å²) in [5.74, 6) is 0.203. The predicted molar refractivity (Wildman–Crippen MR) is 63.9 cm³/mol. The number of piperidine rings is 1. The maximum Gasteiger partial charge on any atom is 0.224 e. The smallest absolute Gasteiger partial charge is 0.224 e. The van der Waals surface area contributed by atoms with E-state index in [1.807, 2.05) is 23.1 Å². The minimum atomic E-state index is 0.0699. The molecule has 1 heterocycles. The van der Waals surface area contributed by atoms with Crippen LogP contribution >= 0.6 is 0 Å². The Hall–Kier alpha value is -1.35. The van der Waals surface area contributed by atoms with E-state index in [0.717, 1.165) is 25.9 Å². The van der Waals surface area contributed by atoms with Gasteiger partial charge in [0.05, 0.1) is 0 Å². The first-order valence-electron chi connectivity index (χ1n) is 5.83. The first kappa shape index (κ1) is 11.1. The maximum atomic E-state index is 11.7. The minimum Gasteiger partial charge on any atom is -0.342 e. The highest BCUT2D eigenvalue weighted by Gasteiger charge is 2.22. The molecule has 1 unspecified atom stereocenters. The average molecular weight is 218 g/mol. The van der Waals surface area contributed by atoms with Gasteiger partial charge in [0.1, 0.15) is 0 Å². The molecule has 16 heavy (non-hydrogen) atoms. The quantitative estimate of drug-likeness (QED) is 0.828. The van der Waals surface area contributed by atoms with Crippen molar-refractivity contribution in [1.29, 1.82) is 0 Å². The molecule has 3 heteroatoms. The van der Waals surface area contributed by atoms with Crippen LogP contribution in [-0.2, 0) is 11.2 Å². The molecule has 2 N–H and O–H groups in total. The standard InChI is InChI=1S/C13H18N2O/c14-12-7-9-15(13(16)10-12)8-6-11-4-2-1-3-5-11/h1-5,12H,6-10,14H2. The molecule has 2 rings (SSSR count). The Morgan fingerprint density at radius 3 is 2.75 bits per heavy atom. The fraction of sp³-hybridized carbons (Fsp3) is 0.462. The van der Waals surface area contributed by atoms with Gasteiger partial charge in [-0.1, -0.05) is 30.3 Å². The minimum absolute atomic E-state index is 0.0699. The zero-order chi connectivity index (χ0) is 11.4. The summed E-state index contributed by atoms with van der Waals surface area (Å²) in [6.07, 6.45) is 2.37. The number of nitrogens with two attached hydrogens (primary N) is 1. The maximum absolute atomic E-state index is 11.7. The molecule has 1 atom stereocenters. The van der Waals surface area contributed by atoms with Gasteiger partial charge in [0, 0.05) is 25.6 Å². The monoisotopic (exact) mass is 218 g/mol. The number of amides is 1. The summed E-state index contributed by atoms with van der Waals surface area (Å²) in [6.45, 7) is 1.63. The first-order valence-corrected chi connectivity index (χ1v) is 5.83. The van der Waals surface area contributed by atoms with E-state index in [2.05, 4.69) is 12.1 Å². The van der Waals surface area contributed by atoms with Crippen molar-refractivity contribution in [2.24, 2.45) is 5.73 Å². The van der Waals surface area contributed by atoms with Crippen molar-refractivity contribution in [2.45, 2.75) is 25.3 Å². The lowest BCUT2D eigenvalue weighted by Crippen LogP contribution is -2.44. The summed E-state index contributed by atoms with van der Waals surface area (Å²) in [5.41, 5.74) is 7.03. The first-order chi connectivity index (χ1) is 7.75. The molecule has 3 nitrogen and oxygen atoms in total. The van der Waals surface area contributed by atoms with E-state index in [4.69, 9.17) is 5.73 Å². The number of nitrogens with zero attached hydrogens (tertiary/aromatic N) is 1. The van der Waals surface area contributed by atoms with Gasteiger partial charge in [-0.15, -0.1) is 0 Å². The van der Waals surface area contributed by atoms with Crippen LogP contribution in [0, 0.1) is 0 Å². The molecule has 1 amide bonds. The highest BCUT2D eigenvalue weighted by Crippen LogP contribution is 2.11. The van der Waals surface area contributed by atoms with Gasteiger partial charge in [0.15, 0.2) is 0 Å². The Bertz CT molecular complexity index is 350. The van der Waals surface area contributed by atoms with E-state index in [-0.39, 0.29) is 11.9 Å². The second-order valence-corrected chi connectivity index (χ2v) is 4.37. The summed E-state index contributed by atoms with van der Waals surface area (Å²) in [7, 11) is 0. The lowest BCUT2D eigenvalue weighted by Gasteiger charge is -2.30. The number of carbonyl (C=O) groups excluding carboxylic acids is 1. The number of hydrogen-bond donors (Lipinski definition) is 1. The molecule has 0 aliphatic carbocycles. The fourth-order valence-electron chi connectivity index (χ4n) is 2.05. The molecule has 1 fully saturated rings. The van der Waals surface area contributed by atoms with Crippen LogP contribution in [0.15, 0.2) is 30.3 Å². The van der Waals surface area contributed by atoms with Crippen LogP contribution in [0.3, 0.4) is 0 Å². The zero-order valence-electron chi connectivity index (χ0n) is 9.43. The second kappa shape index (κ2) is 5.12. The molecule has 1 aromatic rings. The highest BCUT2D eigenvalue weighted by atomic mass is 16.2. The van der Waals surface area contributed by atoms with Crippen molar-refractivity contribution >= 4 is 5.91 Å². The number of hydrogen-bond acceptors (Lipinski definition) is 2. The lowest BCUT2D eigenvalue weighted by atomic mass is 10.0. The van der Waals surface area contributed by atoms with Gasteiger partial charge in [-0.05, 0) is 18.4 Å². The van der Waals surface area contributed by atoms with E-state index in [1.54, 1.807) is 0 Å². The summed E-state index contributed by atoms with van der Waals surface area (Å²) >= 11 is 0. The van der Waals surface area contributed by atoms with Crippen LogP contribution in [-0.4, -0.2) is 29.9 Å². The molecular formula is C13H18N2O. The summed E-state index contributed by atoms with van der Waals surface area (Å²) in [4.78, 5) is 13.6. The SMILES string of the molecule is NC1CCN(CCc2ccccc2)C(=O)C1. The van der Waals surface area contributed by atoms with Gasteiger partial charge < -0.3 is 10.6 Å². The van der Waals surface area contributed by atoms with Gasteiger partial charge in [0.25, 0.3) is 0 Å². The van der Waals surface area contributed by atoms with Gasteiger partial charge in [-0.25, -0.2) is 0 Å². The second-order valence-electron chi connectivity index (χ2n) is 4.37. The number of benzene rings is 1. The molecule has 0 spiro atoms. The Labute approximate surface area is 96.2 Å². The average Bonchev–Trinajstić information content (AvgIpc) is 2.29. The molecular weight excluding hydrogens is 200 g/mol. The van der Waals surface area contributed by atoms with Crippen molar-refractivity contribution < 1.29 is 4.79 Å². The van der Waals surface area contributed by atoms with Gasteiger partial charge >= 0.3 is 0 Å². The third-order valence-corrected chi connectivity index (χ3v) is 3.07. The van der Waals surface area contributed by atoms with Crippen LogP contribution in [0.1, 0.15) is 18.4 Å². The molecule has 0 saturated carbocycles. The molecule has 86 valence electrons. The van der Waals surface area contributed by atoms with Gasteiger partial charge in [0.2, 0.25) is 5.91 Å². The third-order valence-electron chi connectivity index (χ3n) is 3.07. The Kier molecular flexibility index (Phi) is 3.57. The normalized spacial score (nSPS) is 21.2. The van der Waals surface area contributed by atoms with E-state index in [0.29, 0.717) is 6.42 Å². The molecule has 1 aliphatic rings. The van der Waals surface area contributed by atoms with E-state index in [1.165, 1.54) is 5.56 Å². The van der Waals surface area contributed by atoms with Crippen molar-refractivity contribution in [3.05, 3.63) is 35.9 Å². The van der Waals surface area contributed by atoms with Crippen LogP contribution < -0.4 is 5.73 Å². The van der Waals surface area contributed by atoms with Crippen molar-refractivity contribution in [3.8, 4) is 0 Å². The third kappa shape index (κ3) is 2.83. The van der Waals surface area contributed by atoms with Crippen LogP contribution in [0.25, 0.3) is 0 Å². The summed E-state index contributed by atoms with van der Waals surface area (Å²) in [5, 5.41) is 0. The lowest BCUT2D eigenvalue weighted by molar-refractivity contribution is -0.133. The van der Waals surface area contributed by atoms with Gasteiger partial charge in [-0.3, -0.25) is 4.79 Å². The molecule has 1 saturated heterocycles. The molecule has 0 aromatic heterocycles. The number of carbonyl (C=O) groups is 1. The van der Waals surface area contributed by atoms with Crippen molar-refractivity contribution in [3.63, 3.8) is 0 Å². The summed E-state index contributed by atoms with van der Waals surface area (Å²) < 4.78 is 0. The predicted octanol–water partition coefficient (Wildman–Crippen LogP) is 1.18. The van der Waals surface area contributed by atoms with Crippen molar-refractivity contribution in [2.75, 3.05) is 13.1 Å². The Balaban J connectivity index is 1.84. The highest BCUT2D eigenvalue weighted by molar-refractivity contribution is 5.77. The fourth-order valence-corrected chi connectivity index (χ4v) is 2.05. The number of likely N-dealkylation sites (tertiary alicyclic amines) is 1. The Morgan fingerprint density at radius 1 is 1.31 bits per heavy atom. The number of rotatable bonds is 3. The largest absolute Gasteiger partial charge is 0.342 e. The van der Waals surface area contributed by atoms with Crippen LogP contribution in [0.4, 0.5) is 0 Å². The van der Waals surface area contributed by atoms with E-state index < -0.39 is 0 Å². The Morgan fingerprint density at radius 2 is 2.06 bits per heavy atom. The van der Waals surface area contributed by atoms with E-state index >= 15 is 0 Å². The van der Waals surface area contributed by atoms with E-state index in [9.17, 15) is 4.79 Å². The van der Waals surface area contributed by atoms with Crippen LogP contribution in [0.2, 0.25) is 0 Å². The topological polar surface area (TPSA) is 46.3 Å². The molecule has 1 aliphatic heterocycles. The summed E-state index contributed by atoms with van der Waals surface area (Å²) in [6, 6.07) is 10.3. The van der Waals surface area contributed by atoms with Crippen molar-refractivity contribution in [1.82, 2.24) is 4.90 Å². The van der Waals surface area contributed by atoms with Gasteiger partial charge in [-0.2, -0.15) is 0 Å². The molecule has 0 radical (unpaired) electrons.